The minimum Gasteiger partial charge on any atom is -0.390 e. The molecule has 0 rings (SSSR count). The minimum atomic E-state index is -0.375. The van der Waals surface area contributed by atoms with Crippen LogP contribution in [0.5, 0.6) is 0 Å². The van der Waals surface area contributed by atoms with Crippen LogP contribution in [-0.2, 0) is 0 Å². The van der Waals surface area contributed by atoms with E-state index in [1.54, 1.807) is 0 Å². The van der Waals surface area contributed by atoms with Gasteiger partial charge in [-0.3, -0.25) is 0 Å². The third-order valence-electron chi connectivity index (χ3n) is 1.97. The normalized spacial score (nSPS) is 12.0. The minimum absolute atomic E-state index is 0.375. The molecule has 0 saturated carbocycles. The van der Waals surface area contributed by atoms with Crippen LogP contribution in [0.2, 0.25) is 0 Å². The van der Waals surface area contributed by atoms with Crippen molar-refractivity contribution in [2.24, 2.45) is 0 Å². The Bertz CT molecular complexity index is 47.1. The molecule has 0 unspecified atom stereocenters. The zero-order valence-electron chi connectivity index (χ0n) is 6.07. The lowest BCUT2D eigenvalue weighted by Gasteiger charge is -2.22. The first-order valence-electron chi connectivity index (χ1n) is 3.41. The molecule has 0 aromatic heterocycles. The van der Waals surface area contributed by atoms with Gasteiger partial charge in [-0.15, -0.1) is 0 Å². The van der Waals surface area contributed by atoms with Gasteiger partial charge in [0.2, 0.25) is 0 Å². The summed E-state index contributed by atoms with van der Waals surface area (Å²) < 4.78 is 0. The molecule has 8 heavy (non-hydrogen) atoms. The third kappa shape index (κ3) is 1.83. The van der Waals surface area contributed by atoms with Crippen LogP contribution in [0.25, 0.3) is 0 Å². The third-order valence-corrected chi connectivity index (χ3v) is 1.97. The molecule has 0 aliphatic heterocycles. The van der Waals surface area contributed by atoms with E-state index in [1.807, 2.05) is 20.8 Å². The average molecular weight is 116 g/mol. The summed E-state index contributed by atoms with van der Waals surface area (Å²) in [6.07, 6.45) is 2.62. The first-order valence-corrected chi connectivity index (χ1v) is 3.41. The Hall–Kier alpha value is -0.0400. The number of aliphatic hydroxyl groups is 1. The van der Waals surface area contributed by atoms with Crippen molar-refractivity contribution in [1.82, 2.24) is 0 Å². The van der Waals surface area contributed by atoms with E-state index in [0.29, 0.717) is 0 Å². The molecule has 0 heterocycles. The monoisotopic (exact) mass is 116 g/mol. The van der Waals surface area contributed by atoms with Crippen LogP contribution in [0.15, 0.2) is 0 Å². The summed E-state index contributed by atoms with van der Waals surface area (Å²) in [5.41, 5.74) is -0.375. The van der Waals surface area contributed by atoms with E-state index >= 15 is 0 Å². The second kappa shape index (κ2) is 3.08. The van der Waals surface area contributed by atoms with Crippen molar-refractivity contribution in [3.05, 3.63) is 0 Å². The summed E-state index contributed by atoms with van der Waals surface area (Å²) in [4.78, 5) is 0. The molecule has 0 aliphatic carbocycles. The van der Waals surface area contributed by atoms with Crippen molar-refractivity contribution < 1.29 is 5.11 Å². The predicted molar refractivity (Wildman–Crippen MR) is 35.8 cm³/mol. The molecule has 0 radical (unpaired) electrons. The number of rotatable bonds is 3. The lowest BCUT2D eigenvalue weighted by atomic mass is 9.95. The van der Waals surface area contributed by atoms with Gasteiger partial charge in [-0.1, -0.05) is 20.8 Å². The first kappa shape index (κ1) is 7.96. The molecule has 0 saturated heterocycles. The van der Waals surface area contributed by atoms with Gasteiger partial charge in [0.25, 0.3) is 0 Å². The van der Waals surface area contributed by atoms with Gasteiger partial charge in [0.15, 0.2) is 0 Å². The SMILES string of the molecule is CCC(O)(CC)CC. The zero-order chi connectivity index (χ0) is 6.62. The van der Waals surface area contributed by atoms with Gasteiger partial charge < -0.3 is 5.11 Å². The highest BCUT2D eigenvalue weighted by Crippen LogP contribution is 2.17. The summed E-state index contributed by atoms with van der Waals surface area (Å²) in [6.45, 7) is 6.06. The number of hydrogen-bond acceptors (Lipinski definition) is 1. The van der Waals surface area contributed by atoms with Crippen LogP contribution >= 0.6 is 0 Å². The summed E-state index contributed by atoms with van der Waals surface area (Å²) >= 11 is 0. The van der Waals surface area contributed by atoms with Gasteiger partial charge in [-0.25, -0.2) is 0 Å². The van der Waals surface area contributed by atoms with E-state index in [1.165, 1.54) is 0 Å². The molecule has 0 amide bonds. The standard InChI is InChI=1S/C7H16O/c1-4-7(8,5-2)6-3/h8H,4-6H2,1-3H3. The van der Waals surface area contributed by atoms with Gasteiger partial charge in [-0.2, -0.15) is 0 Å². The molecule has 0 aliphatic rings. The Morgan fingerprint density at radius 2 is 1.25 bits per heavy atom. The topological polar surface area (TPSA) is 20.2 Å². The molecule has 1 heteroatoms. The highest BCUT2D eigenvalue weighted by Gasteiger charge is 2.17. The van der Waals surface area contributed by atoms with E-state index in [0.717, 1.165) is 19.3 Å². The Morgan fingerprint density at radius 3 is 1.25 bits per heavy atom. The van der Waals surface area contributed by atoms with Crippen molar-refractivity contribution in [3.8, 4) is 0 Å². The molecule has 0 fully saturated rings. The predicted octanol–water partition coefficient (Wildman–Crippen LogP) is 1.95. The van der Waals surface area contributed by atoms with Crippen LogP contribution in [-0.4, -0.2) is 10.7 Å². The van der Waals surface area contributed by atoms with Crippen LogP contribution in [0, 0.1) is 0 Å². The highest BCUT2D eigenvalue weighted by molar-refractivity contribution is 4.71. The Kier molecular flexibility index (Phi) is 3.06. The largest absolute Gasteiger partial charge is 0.390 e. The summed E-state index contributed by atoms with van der Waals surface area (Å²) in [6, 6.07) is 0. The molecular weight excluding hydrogens is 100 g/mol. The van der Waals surface area contributed by atoms with Gasteiger partial charge in [0.1, 0.15) is 0 Å². The van der Waals surface area contributed by atoms with Crippen LogP contribution in [0.3, 0.4) is 0 Å². The maximum atomic E-state index is 9.44. The molecule has 0 spiro atoms. The van der Waals surface area contributed by atoms with Crippen LogP contribution < -0.4 is 0 Å². The van der Waals surface area contributed by atoms with E-state index in [-0.39, 0.29) is 5.60 Å². The first-order chi connectivity index (χ1) is 3.68. The van der Waals surface area contributed by atoms with Crippen LogP contribution in [0.1, 0.15) is 40.0 Å². The lowest BCUT2D eigenvalue weighted by Crippen LogP contribution is -2.24. The van der Waals surface area contributed by atoms with Crippen molar-refractivity contribution in [3.63, 3.8) is 0 Å². The van der Waals surface area contributed by atoms with E-state index in [4.69, 9.17) is 0 Å². The highest BCUT2D eigenvalue weighted by atomic mass is 16.3. The molecule has 50 valence electrons. The maximum Gasteiger partial charge on any atom is 0.0640 e. The van der Waals surface area contributed by atoms with Gasteiger partial charge >= 0.3 is 0 Å². The van der Waals surface area contributed by atoms with Gasteiger partial charge in [0, 0.05) is 0 Å². The number of hydrogen-bond donors (Lipinski definition) is 1. The lowest BCUT2D eigenvalue weighted by molar-refractivity contribution is 0.0285. The van der Waals surface area contributed by atoms with Crippen molar-refractivity contribution in [2.45, 2.75) is 45.6 Å². The second-order valence-electron chi connectivity index (χ2n) is 2.29. The summed E-state index contributed by atoms with van der Waals surface area (Å²) in [7, 11) is 0. The van der Waals surface area contributed by atoms with Crippen molar-refractivity contribution >= 4 is 0 Å². The van der Waals surface area contributed by atoms with Crippen LogP contribution in [0.4, 0.5) is 0 Å². The van der Waals surface area contributed by atoms with Crippen molar-refractivity contribution in [1.29, 1.82) is 0 Å². The molecule has 0 aromatic carbocycles. The quantitative estimate of drug-likeness (QED) is 0.597. The molecule has 0 aromatic rings. The van der Waals surface area contributed by atoms with Gasteiger partial charge in [-0.05, 0) is 19.3 Å². The Labute approximate surface area is 51.7 Å². The molecule has 0 bridgehead atoms. The Balaban J connectivity index is 3.58. The van der Waals surface area contributed by atoms with E-state index in [2.05, 4.69) is 0 Å². The fraction of sp³-hybridized carbons (Fsp3) is 1.00. The molecule has 0 atom stereocenters. The van der Waals surface area contributed by atoms with Gasteiger partial charge in [0.05, 0.1) is 5.60 Å². The van der Waals surface area contributed by atoms with E-state index in [9.17, 15) is 5.11 Å². The van der Waals surface area contributed by atoms with E-state index < -0.39 is 0 Å². The molecule has 1 N–H and O–H groups in total. The summed E-state index contributed by atoms with van der Waals surface area (Å²) in [5, 5.41) is 9.44. The molecule has 1 nitrogen and oxygen atoms in total. The van der Waals surface area contributed by atoms with Crippen molar-refractivity contribution in [2.75, 3.05) is 0 Å². The Morgan fingerprint density at radius 1 is 1.00 bits per heavy atom. The fourth-order valence-corrected chi connectivity index (χ4v) is 0.750. The average Bonchev–Trinajstić information content (AvgIpc) is 1.87. The summed E-state index contributed by atoms with van der Waals surface area (Å²) in [5.74, 6) is 0. The smallest absolute Gasteiger partial charge is 0.0640 e. The maximum absolute atomic E-state index is 9.44. The molecular formula is C7H16O. The second-order valence-corrected chi connectivity index (χ2v) is 2.29. The zero-order valence-corrected chi connectivity index (χ0v) is 6.07. The fourth-order valence-electron chi connectivity index (χ4n) is 0.750.